The number of hydrogen-bond acceptors (Lipinski definition) is 5. The molecule has 0 aromatic heterocycles. The Kier molecular flexibility index (Phi) is 3.93. The van der Waals surface area contributed by atoms with E-state index in [1.165, 1.54) is 32.2 Å². The van der Waals surface area contributed by atoms with Gasteiger partial charge in [0.25, 0.3) is 0 Å². The van der Waals surface area contributed by atoms with Gasteiger partial charge in [-0.3, -0.25) is 0 Å². The highest BCUT2D eigenvalue weighted by Crippen LogP contribution is 2.38. The average molecular weight is 298 g/mol. The van der Waals surface area contributed by atoms with Gasteiger partial charge in [-0.2, -0.15) is 8.78 Å². The molecular weight excluding hydrogens is 286 g/mol. The number of alkyl halides is 2. The van der Waals surface area contributed by atoms with Crippen LogP contribution in [-0.4, -0.2) is 31.8 Å². The first-order valence-electron chi connectivity index (χ1n) is 6.07. The van der Waals surface area contributed by atoms with Gasteiger partial charge in [-0.05, 0) is 31.2 Å². The summed E-state index contributed by atoms with van der Waals surface area (Å²) in [5.74, 6) is -1.93. The van der Waals surface area contributed by atoms with Crippen LogP contribution < -0.4 is 4.74 Å². The maximum atomic E-state index is 13.8. The molecule has 7 heteroatoms. The molecule has 21 heavy (non-hydrogen) atoms. The summed E-state index contributed by atoms with van der Waals surface area (Å²) in [7, 11) is 1.20. The van der Waals surface area contributed by atoms with Crippen molar-refractivity contribution in [1.29, 1.82) is 0 Å². The van der Waals surface area contributed by atoms with E-state index in [0.29, 0.717) is 0 Å². The van der Waals surface area contributed by atoms with Crippen LogP contribution in [0.1, 0.15) is 22.8 Å². The van der Waals surface area contributed by atoms with Crippen LogP contribution >= 0.6 is 0 Å². The average Bonchev–Trinajstić information content (AvgIpc) is 2.44. The summed E-state index contributed by atoms with van der Waals surface area (Å²) in [6.07, 6.45) is -2.84. The van der Waals surface area contributed by atoms with E-state index in [1.807, 2.05) is 0 Å². The third-order valence-electron chi connectivity index (χ3n) is 2.78. The molecule has 1 aliphatic rings. The maximum Gasteiger partial charge on any atom is 0.433 e. The molecule has 0 saturated carbocycles. The van der Waals surface area contributed by atoms with Crippen molar-refractivity contribution in [2.24, 2.45) is 0 Å². The first-order valence-corrected chi connectivity index (χ1v) is 6.07. The van der Waals surface area contributed by atoms with Crippen molar-refractivity contribution in [2.45, 2.75) is 13.0 Å². The zero-order chi connectivity index (χ0) is 15.6. The van der Waals surface area contributed by atoms with E-state index in [1.54, 1.807) is 0 Å². The van der Waals surface area contributed by atoms with Crippen molar-refractivity contribution in [2.75, 3.05) is 13.7 Å². The highest BCUT2D eigenvalue weighted by molar-refractivity contribution is 5.97. The van der Waals surface area contributed by atoms with Gasteiger partial charge < -0.3 is 14.2 Å². The van der Waals surface area contributed by atoms with Gasteiger partial charge in [0.05, 0.1) is 19.3 Å². The first-order chi connectivity index (χ1) is 9.89. The second kappa shape index (κ2) is 5.51. The minimum Gasteiger partial charge on any atom is -0.465 e. The summed E-state index contributed by atoms with van der Waals surface area (Å²) in [4.78, 5) is 23.0. The largest absolute Gasteiger partial charge is 0.465 e. The van der Waals surface area contributed by atoms with E-state index in [-0.39, 0.29) is 23.5 Å². The fourth-order valence-electron chi connectivity index (χ4n) is 1.82. The maximum absolute atomic E-state index is 13.8. The standard InChI is InChI=1S/C14H12F2O5/c1-3-20-13(18)10-7-9-6-8(12(17)19-2)4-5-11(9)21-14(10,15)16/h4-7H,3H2,1-2H3. The van der Waals surface area contributed by atoms with Crippen molar-refractivity contribution in [3.63, 3.8) is 0 Å². The lowest BCUT2D eigenvalue weighted by atomic mass is 10.0. The van der Waals surface area contributed by atoms with Gasteiger partial charge in [-0.1, -0.05) is 0 Å². The molecule has 0 amide bonds. The predicted molar refractivity (Wildman–Crippen MR) is 68.0 cm³/mol. The molecule has 1 aromatic rings. The molecule has 112 valence electrons. The van der Waals surface area contributed by atoms with Crippen LogP contribution in [0, 0.1) is 0 Å². The van der Waals surface area contributed by atoms with Crippen molar-refractivity contribution in [1.82, 2.24) is 0 Å². The van der Waals surface area contributed by atoms with Crippen LogP contribution in [-0.2, 0) is 14.3 Å². The Bertz CT molecular complexity index is 622. The lowest BCUT2D eigenvalue weighted by Gasteiger charge is -2.25. The molecule has 0 fully saturated rings. The SMILES string of the molecule is CCOC(=O)C1=Cc2cc(C(=O)OC)ccc2OC1(F)F. The normalized spacial score (nSPS) is 15.3. The van der Waals surface area contributed by atoms with Crippen LogP contribution in [0.25, 0.3) is 6.08 Å². The minimum atomic E-state index is -3.79. The Morgan fingerprint density at radius 1 is 1.29 bits per heavy atom. The highest BCUT2D eigenvalue weighted by Gasteiger charge is 2.45. The molecular formula is C14H12F2O5. The van der Waals surface area contributed by atoms with Gasteiger partial charge >= 0.3 is 18.0 Å². The van der Waals surface area contributed by atoms with Crippen LogP contribution in [0.3, 0.4) is 0 Å². The second-order valence-electron chi connectivity index (χ2n) is 4.14. The highest BCUT2D eigenvalue weighted by atomic mass is 19.3. The fraction of sp³-hybridized carbons (Fsp3) is 0.286. The number of methoxy groups -OCH3 is 1. The molecule has 0 atom stereocenters. The molecule has 1 aliphatic heterocycles. The molecule has 2 rings (SSSR count). The molecule has 0 spiro atoms. The van der Waals surface area contributed by atoms with Gasteiger partial charge in [-0.25, -0.2) is 9.59 Å². The van der Waals surface area contributed by atoms with Crippen molar-refractivity contribution in [3.05, 3.63) is 34.9 Å². The van der Waals surface area contributed by atoms with Crippen LogP contribution in [0.4, 0.5) is 8.78 Å². The van der Waals surface area contributed by atoms with Crippen LogP contribution in [0.15, 0.2) is 23.8 Å². The molecule has 0 radical (unpaired) electrons. The number of benzene rings is 1. The first kappa shape index (κ1) is 15.0. The number of fused-ring (bicyclic) bond motifs is 1. The molecule has 5 nitrogen and oxygen atoms in total. The molecule has 0 unspecified atom stereocenters. The van der Waals surface area contributed by atoms with E-state index in [9.17, 15) is 18.4 Å². The predicted octanol–water partition coefficient (Wildman–Crippen LogP) is 2.40. The van der Waals surface area contributed by atoms with Crippen molar-refractivity contribution >= 4 is 18.0 Å². The molecule has 0 bridgehead atoms. The topological polar surface area (TPSA) is 61.8 Å². The van der Waals surface area contributed by atoms with Gasteiger partial charge in [0, 0.05) is 5.56 Å². The number of halogens is 2. The summed E-state index contributed by atoms with van der Waals surface area (Å²) in [6.45, 7) is 1.46. The Labute approximate surface area is 119 Å². The van der Waals surface area contributed by atoms with E-state index in [2.05, 4.69) is 14.2 Å². The van der Waals surface area contributed by atoms with Gasteiger partial charge in [0.1, 0.15) is 11.3 Å². The lowest BCUT2D eigenvalue weighted by molar-refractivity contribution is -0.165. The minimum absolute atomic E-state index is 0.0404. The molecule has 1 heterocycles. The Hall–Kier alpha value is -2.44. The third kappa shape index (κ3) is 2.86. The van der Waals surface area contributed by atoms with Crippen LogP contribution in [0.2, 0.25) is 0 Å². The number of carbonyl (C=O) groups excluding carboxylic acids is 2. The van der Waals surface area contributed by atoms with Gasteiger partial charge in [0.2, 0.25) is 0 Å². The van der Waals surface area contributed by atoms with E-state index in [0.717, 1.165) is 6.08 Å². The number of esters is 2. The van der Waals surface area contributed by atoms with Gasteiger partial charge in [0.15, 0.2) is 0 Å². The number of carbonyl (C=O) groups is 2. The summed E-state index contributed by atoms with van der Waals surface area (Å²) in [5, 5.41) is 0. The summed E-state index contributed by atoms with van der Waals surface area (Å²) < 4.78 is 41.2. The number of rotatable bonds is 3. The van der Waals surface area contributed by atoms with Crippen molar-refractivity contribution in [3.8, 4) is 5.75 Å². The molecule has 1 aromatic carbocycles. The second-order valence-corrected chi connectivity index (χ2v) is 4.14. The Morgan fingerprint density at radius 2 is 2.00 bits per heavy atom. The third-order valence-corrected chi connectivity index (χ3v) is 2.78. The monoisotopic (exact) mass is 298 g/mol. The van der Waals surface area contributed by atoms with Crippen LogP contribution in [0.5, 0.6) is 5.75 Å². The lowest BCUT2D eigenvalue weighted by Crippen LogP contribution is -2.35. The van der Waals surface area contributed by atoms with E-state index < -0.39 is 23.6 Å². The molecule has 0 N–H and O–H groups in total. The summed E-state index contributed by atoms with van der Waals surface area (Å²) in [5.41, 5.74) is -0.588. The number of hydrogen-bond donors (Lipinski definition) is 0. The Morgan fingerprint density at radius 3 is 2.62 bits per heavy atom. The molecule has 0 saturated heterocycles. The van der Waals surface area contributed by atoms with E-state index >= 15 is 0 Å². The Balaban J connectivity index is 2.47. The molecule has 0 aliphatic carbocycles. The summed E-state index contributed by atoms with van der Waals surface area (Å²) in [6, 6.07) is 3.81. The van der Waals surface area contributed by atoms with Gasteiger partial charge in [-0.15, -0.1) is 0 Å². The quantitative estimate of drug-likeness (QED) is 0.802. The fourth-order valence-corrected chi connectivity index (χ4v) is 1.82. The zero-order valence-electron chi connectivity index (χ0n) is 11.3. The van der Waals surface area contributed by atoms with Crippen molar-refractivity contribution < 1.29 is 32.6 Å². The van der Waals surface area contributed by atoms with E-state index in [4.69, 9.17) is 0 Å². The summed E-state index contributed by atoms with van der Waals surface area (Å²) >= 11 is 0. The smallest absolute Gasteiger partial charge is 0.433 e. The number of ether oxygens (including phenoxy) is 3. The zero-order valence-corrected chi connectivity index (χ0v) is 11.3.